The molecule has 0 unspecified atom stereocenters. The minimum atomic E-state index is -0.298. The first kappa shape index (κ1) is 15.5. The average Bonchev–Trinajstić information content (AvgIpc) is 2.85. The zero-order valence-electron chi connectivity index (χ0n) is 12.8. The Balaban J connectivity index is 1.82. The van der Waals surface area contributed by atoms with Gasteiger partial charge in [0.15, 0.2) is 5.17 Å². The number of rotatable bonds is 2. The Morgan fingerprint density at radius 2 is 1.83 bits per heavy atom. The number of hydrogen-bond acceptors (Lipinski definition) is 3. The number of halogens is 1. The van der Waals surface area contributed by atoms with Crippen LogP contribution in [-0.4, -0.2) is 11.1 Å². The van der Waals surface area contributed by atoms with Gasteiger partial charge in [-0.1, -0.05) is 18.2 Å². The summed E-state index contributed by atoms with van der Waals surface area (Å²) in [5, 5.41) is 3.30. The number of benzene rings is 2. The van der Waals surface area contributed by atoms with E-state index >= 15 is 0 Å². The predicted octanol–water partition coefficient (Wildman–Crippen LogP) is 4.33. The van der Waals surface area contributed by atoms with Gasteiger partial charge in [0.1, 0.15) is 5.82 Å². The number of aryl methyl sites for hydroxylation is 2. The second-order valence-electron chi connectivity index (χ2n) is 5.30. The van der Waals surface area contributed by atoms with Gasteiger partial charge in [-0.15, -0.1) is 0 Å². The Hall–Kier alpha value is -2.40. The van der Waals surface area contributed by atoms with Gasteiger partial charge in [0.25, 0.3) is 5.91 Å². The first-order valence-corrected chi connectivity index (χ1v) is 7.95. The molecule has 1 saturated heterocycles. The molecule has 23 heavy (non-hydrogen) atoms. The van der Waals surface area contributed by atoms with E-state index < -0.39 is 0 Å². The van der Waals surface area contributed by atoms with Gasteiger partial charge >= 0.3 is 0 Å². The fourth-order valence-corrected chi connectivity index (χ4v) is 2.95. The molecule has 3 rings (SSSR count). The Labute approximate surface area is 138 Å². The maximum Gasteiger partial charge on any atom is 0.264 e. The molecule has 1 amide bonds. The molecule has 1 heterocycles. The first-order valence-electron chi connectivity index (χ1n) is 7.14. The molecule has 0 saturated carbocycles. The number of amides is 1. The van der Waals surface area contributed by atoms with Crippen LogP contribution in [0.25, 0.3) is 6.08 Å². The van der Waals surface area contributed by atoms with Crippen LogP contribution in [0.15, 0.2) is 52.4 Å². The van der Waals surface area contributed by atoms with E-state index in [9.17, 15) is 9.18 Å². The molecule has 1 fully saturated rings. The van der Waals surface area contributed by atoms with E-state index in [4.69, 9.17) is 0 Å². The van der Waals surface area contributed by atoms with E-state index in [0.29, 0.717) is 10.1 Å². The van der Waals surface area contributed by atoms with Crippen LogP contribution in [0, 0.1) is 19.7 Å². The van der Waals surface area contributed by atoms with Crippen molar-refractivity contribution in [2.24, 2.45) is 4.99 Å². The Kier molecular flexibility index (Phi) is 4.30. The molecule has 2 aromatic rings. The lowest BCUT2D eigenvalue weighted by atomic mass is 10.1. The summed E-state index contributed by atoms with van der Waals surface area (Å²) in [6.45, 7) is 4.07. The average molecular weight is 326 g/mol. The van der Waals surface area contributed by atoms with Crippen LogP contribution >= 0.6 is 11.8 Å². The van der Waals surface area contributed by atoms with Crippen LogP contribution in [0.2, 0.25) is 0 Å². The Bertz CT molecular complexity index is 825. The first-order chi connectivity index (χ1) is 11.0. The number of hydrogen-bond donors (Lipinski definition) is 1. The van der Waals surface area contributed by atoms with E-state index in [0.717, 1.165) is 16.8 Å². The van der Waals surface area contributed by atoms with Gasteiger partial charge in [-0.3, -0.25) is 4.79 Å². The molecular weight excluding hydrogens is 311 g/mol. The van der Waals surface area contributed by atoms with Crippen molar-refractivity contribution in [3.05, 3.63) is 69.9 Å². The highest BCUT2D eigenvalue weighted by Crippen LogP contribution is 2.28. The van der Waals surface area contributed by atoms with Gasteiger partial charge in [-0.25, -0.2) is 9.38 Å². The van der Waals surface area contributed by atoms with Crippen LogP contribution in [0.1, 0.15) is 16.7 Å². The largest absolute Gasteiger partial charge is 0.300 e. The fraction of sp³-hybridized carbons (Fsp3) is 0.111. The van der Waals surface area contributed by atoms with Gasteiger partial charge in [0.2, 0.25) is 0 Å². The van der Waals surface area contributed by atoms with Crippen LogP contribution < -0.4 is 5.32 Å². The predicted molar refractivity (Wildman–Crippen MR) is 93.1 cm³/mol. The Morgan fingerprint density at radius 1 is 1.09 bits per heavy atom. The second kappa shape index (κ2) is 6.38. The maximum atomic E-state index is 12.9. The summed E-state index contributed by atoms with van der Waals surface area (Å²) in [4.78, 5) is 17.0. The standard InChI is InChI=1S/C18H15FN2OS/c1-11-3-8-15(9-12(11)2)20-18-21-17(22)16(23-18)10-13-4-6-14(19)7-5-13/h3-10H,1-2H3,(H,20,21,22)/b16-10-. The molecule has 0 spiro atoms. The molecule has 1 aliphatic rings. The second-order valence-corrected chi connectivity index (χ2v) is 6.33. The summed E-state index contributed by atoms with van der Waals surface area (Å²) in [6, 6.07) is 11.9. The van der Waals surface area contributed by atoms with Crippen LogP contribution in [0.5, 0.6) is 0 Å². The van der Waals surface area contributed by atoms with Gasteiger partial charge in [-0.05, 0) is 72.6 Å². The third-order valence-electron chi connectivity index (χ3n) is 3.54. The normalized spacial score (nSPS) is 17.8. The minimum absolute atomic E-state index is 0.193. The van der Waals surface area contributed by atoms with E-state index in [1.807, 2.05) is 32.0 Å². The minimum Gasteiger partial charge on any atom is -0.300 e. The lowest BCUT2D eigenvalue weighted by molar-refractivity contribution is -0.115. The maximum absolute atomic E-state index is 12.9. The van der Waals surface area contributed by atoms with Gasteiger partial charge < -0.3 is 5.32 Å². The van der Waals surface area contributed by atoms with E-state index in [1.165, 1.54) is 29.5 Å². The number of aliphatic imine (C=N–C) groups is 1. The van der Waals surface area contributed by atoms with Crippen molar-refractivity contribution in [1.82, 2.24) is 5.32 Å². The molecule has 2 aromatic carbocycles. The van der Waals surface area contributed by atoms with Gasteiger partial charge in [0.05, 0.1) is 10.6 Å². The lowest BCUT2D eigenvalue weighted by Crippen LogP contribution is -2.19. The van der Waals surface area contributed by atoms with Crippen molar-refractivity contribution < 1.29 is 9.18 Å². The number of nitrogens with one attached hydrogen (secondary N) is 1. The molecule has 0 bridgehead atoms. The van der Waals surface area contributed by atoms with Crippen molar-refractivity contribution in [1.29, 1.82) is 0 Å². The molecule has 1 aliphatic heterocycles. The highest BCUT2D eigenvalue weighted by Gasteiger charge is 2.23. The zero-order chi connectivity index (χ0) is 16.4. The number of nitrogens with zero attached hydrogens (tertiary/aromatic N) is 1. The highest BCUT2D eigenvalue weighted by atomic mass is 32.2. The molecule has 3 nitrogen and oxygen atoms in total. The highest BCUT2D eigenvalue weighted by molar-refractivity contribution is 8.18. The van der Waals surface area contributed by atoms with Crippen molar-refractivity contribution in [2.75, 3.05) is 0 Å². The summed E-state index contributed by atoms with van der Waals surface area (Å²) in [5.74, 6) is -0.491. The quantitative estimate of drug-likeness (QED) is 0.834. The molecule has 0 aliphatic carbocycles. The molecule has 0 aromatic heterocycles. The van der Waals surface area contributed by atoms with Crippen molar-refractivity contribution in [3.8, 4) is 0 Å². The van der Waals surface area contributed by atoms with Crippen molar-refractivity contribution in [2.45, 2.75) is 13.8 Å². The van der Waals surface area contributed by atoms with Crippen LogP contribution in [0.4, 0.5) is 10.1 Å². The summed E-state index contributed by atoms with van der Waals surface area (Å²) < 4.78 is 12.9. The number of thioether (sulfide) groups is 1. The summed E-state index contributed by atoms with van der Waals surface area (Å²) in [6.07, 6.45) is 1.72. The van der Waals surface area contributed by atoms with E-state index in [1.54, 1.807) is 18.2 Å². The number of carbonyl (C=O) groups excluding carboxylic acids is 1. The van der Waals surface area contributed by atoms with Crippen molar-refractivity contribution in [3.63, 3.8) is 0 Å². The molecule has 0 atom stereocenters. The Morgan fingerprint density at radius 3 is 2.52 bits per heavy atom. The summed E-state index contributed by atoms with van der Waals surface area (Å²) in [7, 11) is 0. The summed E-state index contributed by atoms with van der Waals surface area (Å²) >= 11 is 1.28. The number of amidine groups is 1. The zero-order valence-corrected chi connectivity index (χ0v) is 13.6. The molecule has 116 valence electrons. The van der Waals surface area contributed by atoms with Crippen LogP contribution in [-0.2, 0) is 4.79 Å². The van der Waals surface area contributed by atoms with Crippen LogP contribution in [0.3, 0.4) is 0 Å². The van der Waals surface area contributed by atoms with Crippen molar-refractivity contribution >= 4 is 34.6 Å². The smallest absolute Gasteiger partial charge is 0.264 e. The topological polar surface area (TPSA) is 41.5 Å². The number of carbonyl (C=O) groups is 1. The lowest BCUT2D eigenvalue weighted by Gasteiger charge is -2.01. The molecule has 0 radical (unpaired) electrons. The SMILES string of the molecule is Cc1ccc(N=C2NC(=O)/C(=C/c3ccc(F)cc3)S2)cc1C. The fourth-order valence-electron chi connectivity index (χ4n) is 2.10. The molecule has 1 N–H and O–H groups in total. The van der Waals surface area contributed by atoms with Gasteiger partial charge in [0, 0.05) is 0 Å². The third-order valence-corrected chi connectivity index (χ3v) is 4.45. The summed E-state index contributed by atoms with van der Waals surface area (Å²) in [5.41, 5.74) is 3.94. The monoisotopic (exact) mass is 326 g/mol. The third kappa shape index (κ3) is 3.68. The molecule has 5 heteroatoms. The molecular formula is C18H15FN2OS. The van der Waals surface area contributed by atoms with E-state index in [-0.39, 0.29) is 11.7 Å². The van der Waals surface area contributed by atoms with E-state index in [2.05, 4.69) is 10.3 Å². The van der Waals surface area contributed by atoms with Gasteiger partial charge in [-0.2, -0.15) is 0 Å².